The van der Waals surface area contributed by atoms with E-state index in [4.69, 9.17) is 4.74 Å². The molecule has 5 nitrogen and oxygen atoms in total. The van der Waals surface area contributed by atoms with E-state index in [1.54, 1.807) is 26.4 Å². The SMILES string of the molecule is CNC(=O)c1cc(NC2CCc3c(OC)cccc32)ccn1. The molecule has 5 heteroatoms. The van der Waals surface area contributed by atoms with Gasteiger partial charge in [0.05, 0.1) is 13.2 Å². The smallest absolute Gasteiger partial charge is 0.269 e. The molecule has 1 aliphatic rings. The Morgan fingerprint density at radius 3 is 3.00 bits per heavy atom. The van der Waals surface area contributed by atoms with Crippen molar-refractivity contribution in [2.75, 3.05) is 19.5 Å². The topological polar surface area (TPSA) is 63.2 Å². The molecule has 1 aliphatic carbocycles. The Balaban J connectivity index is 1.83. The number of rotatable bonds is 4. The van der Waals surface area contributed by atoms with Gasteiger partial charge in [-0.25, -0.2) is 0 Å². The third-order valence-electron chi connectivity index (χ3n) is 4.01. The van der Waals surface area contributed by atoms with Crippen molar-refractivity contribution in [3.63, 3.8) is 0 Å². The molecule has 0 fully saturated rings. The minimum atomic E-state index is -0.183. The highest BCUT2D eigenvalue weighted by Crippen LogP contribution is 2.38. The average Bonchev–Trinajstić information content (AvgIpc) is 2.97. The molecule has 2 aromatic rings. The van der Waals surface area contributed by atoms with Gasteiger partial charge in [0.1, 0.15) is 11.4 Å². The number of ether oxygens (including phenoxy) is 1. The third-order valence-corrected chi connectivity index (χ3v) is 4.01. The summed E-state index contributed by atoms with van der Waals surface area (Å²) >= 11 is 0. The minimum absolute atomic E-state index is 0.183. The fraction of sp³-hybridized carbons (Fsp3) is 0.294. The van der Waals surface area contributed by atoms with Gasteiger partial charge in [0.15, 0.2) is 0 Å². The van der Waals surface area contributed by atoms with Crippen LogP contribution in [-0.2, 0) is 6.42 Å². The highest BCUT2D eigenvalue weighted by Gasteiger charge is 2.25. The van der Waals surface area contributed by atoms with Gasteiger partial charge in [-0.1, -0.05) is 12.1 Å². The Kier molecular flexibility index (Phi) is 3.96. The van der Waals surface area contributed by atoms with Gasteiger partial charge in [-0.05, 0) is 42.2 Å². The van der Waals surface area contributed by atoms with Gasteiger partial charge in [0.25, 0.3) is 5.91 Å². The molecule has 0 bridgehead atoms. The lowest BCUT2D eigenvalue weighted by molar-refractivity contribution is 0.0958. The van der Waals surface area contributed by atoms with Crippen molar-refractivity contribution >= 4 is 11.6 Å². The van der Waals surface area contributed by atoms with Crippen LogP contribution in [0.15, 0.2) is 36.5 Å². The van der Waals surface area contributed by atoms with Crippen LogP contribution in [0.3, 0.4) is 0 Å². The van der Waals surface area contributed by atoms with Gasteiger partial charge in [0, 0.05) is 18.9 Å². The first kappa shape index (κ1) is 14.4. The molecule has 1 heterocycles. The second-order valence-corrected chi connectivity index (χ2v) is 5.27. The van der Waals surface area contributed by atoms with Crippen LogP contribution in [0.4, 0.5) is 5.69 Å². The number of nitrogens with one attached hydrogen (secondary N) is 2. The second kappa shape index (κ2) is 6.05. The van der Waals surface area contributed by atoms with E-state index in [1.165, 1.54) is 11.1 Å². The van der Waals surface area contributed by atoms with Crippen LogP contribution in [-0.4, -0.2) is 25.0 Å². The quantitative estimate of drug-likeness (QED) is 0.910. The number of nitrogens with zero attached hydrogens (tertiary/aromatic N) is 1. The first-order valence-electron chi connectivity index (χ1n) is 7.33. The van der Waals surface area contributed by atoms with Crippen molar-refractivity contribution in [2.45, 2.75) is 18.9 Å². The summed E-state index contributed by atoms with van der Waals surface area (Å²) in [7, 11) is 3.30. The lowest BCUT2D eigenvalue weighted by atomic mass is 10.1. The predicted molar refractivity (Wildman–Crippen MR) is 85.3 cm³/mol. The van der Waals surface area contributed by atoms with E-state index in [0.29, 0.717) is 5.69 Å². The number of carbonyl (C=O) groups excluding carboxylic acids is 1. The molecule has 0 saturated carbocycles. The maximum atomic E-state index is 11.7. The summed E-state index contributed by atoms with van der Waals surface area (Å²) < 4.78 is 5.43. The van der Waals surface area contributed by atoms with E-state index in [1.807, 2.05) is 18.2 Å². The van der Waals surface area contributed by atoms with Crippen molar-refractivity contribution in [1.82, 2.24) is 10.3 Å². The average molecular weight is 297 g/mol. The van der Waals surface area contributed by atoms with E-state index in [0.717, 1.165) is 24.3 Å². The summed E-state index contributed by atoms with van der Waals surface area (Å²) in [4.78, 5) is 15.8. The summed E-state index contributed by atoms with van der Waals surface area (Å²) in [5.41, 5.74) is 3.84. The lowest BCUT2D eigenvalue weighted by Gasteiger charge is -2.16. The standard InChI is InChI=1S/C17H19N3O2/c1-18-17(21)15-10-11(8-9-19-15)20-14-7-6-13-12(14)4-3-5-16(13)22-2/h3-5,8-10,14H,6-7H2,1-2H3,(H,18,21)(H,19,20). The number of methoxy groups -OCH3 is 1. The van der Waals surface area contributed by atoms with Gasteiger partial charge in [0.2, 0.25) is 0 Å². The Morgan fingerprint density at radius 1 is 1.36 bits per heavy atom. The van der Waals surface area contributed by atoms with Crippen molar-refractivity contribution in [3.8, 4) is 5.75 Å². The van der Waals surface area contributed by atoms with Crippen molar-refractivity contribution in [2.24, 2.45) is 0 Å². The summed E-state index contributed by atoms with van der Waals surface area (Å²) in [6.07, 6.45) is 3.64. The van der Waals surface area contributed by atoms with Crippen LogP contribution in [0.25, 0.3) is 0 Å². The molecule has 1 atom stereocenters. The van der Waals surface area contributed by atoms with Crippen LogP contribution < -0.4 is 15.4 Å². The largest absolute Gasteiger partial charge is 0.496 e. The van der Waals surface area contributed by atoms with Crippen LogP contribution in [0.2, 0.25) is 0 Å². The number of hydrogen-bond donors (Lipinski definition) is 2. The molecule has 1 aromatic carbocycles. The molecular weight excluding hydrogens is 278 g/mol. The van der Waals surface area contributed by atoms with E-state index >= 15 is 0 Å². The number of anilines is 1. The molecule has 1 aromatic heterocycles. The molecule has 2 N–H and O–H groups in total. The normalized spacial score (nSPS) is 16.0. The summed E-state index contributed by atoms with van der Waals surface area (Å²) in [6.45, 7) is 0. The Bertz CT molecular complexity index is 700. The van der Waals surface area contributed by atoms with Crippen molar-refractivity contribution in [1.29, 1.82) is 0 Å². The van der Waals surface area contributed by atoms with Gasteiger partial charge in [-0.3, -0.25) is 9.78 Å². The Hall–Kier alpha value is -2.56. The van der Waals surface area contributed by atoms with Gasteiger partial charge in [-0.2, -0.15) is 0 Å². The third kappa shape index (κ3) is 2.62. The van der Waals surface area contributed by atoms with Crippen LogP contribution >= 0.6 is 0 Å². The fourth-order valence-electron chi connectivity index (χ4n) is 2.94. The zero-order valence-electron chi connectivity index (χ0n) is 12.7. The number of amides is 1. The molecule has 0 aliphatic heterocycles. The number of fused-ring (bicyclic) bond motifs is 1. The number of benzene rings is 1. The maximum absolute atomic E-state index is 11.7. The zero-order chi connectivity index (χ0) is 15.5. The number of pyridine rings is 1. The van der Waals surface area contributed by atoms with Crippen molar-refractivity contribution < 1.29 is 9.53 Å². The van der Waals surface area contributed by atoms with E-state index in [-0.39, 0.29) is 11.9 Å². The van der Waals surface area contributed by atoms with Crippen LogP contribution in [0, 0.1) is 0 Å². The molecule has 1 amide bonds. The second-order valence-electron chi connectivity index (χ2n) is 5.27. The van der Waals surface area contributed by atoms with Crippen LogP contribution in [0.5, 0.6) is 5.75 Å². The molecule has 0 spiro atoms. The predicted octanol–water partition coefficient (Wildman–Crippen LogP) is 2.55. The highest BCUT2D eigenvalue weighted by molar-refractivity contribution is 5.92. The monoisotopic (exact) mass is 297 g/mol. The molecular formula is C17H19N3O2. The Labute approximate surface area is 129 Å². The number of hydrogen-bond acceptors (Lipinski definition) is 4. The van der Waals surface area contributed by atoms with E-state index < -0.39 is 0 Å². The van der Waals surface area contributed by atoms with E-state index in [9.17, 15) is 4.79 Å². The summed E-state index contributed by atoms with van der Waals surface area (Å²) in [5, 5.41) is 6.08. The molecule has 3 rings (SSSR count). The summed E-state index contributed by atoms with van der Waals surface area (Å²) in [6, 6.07) is 10.0. The fourth-order valence-corrected chi connectivity index (χ4v) is 2.94. The zero-order valence-corrected chi connectivity index (χ0v) is 12.7. The number of aromatic nitrogens is 1. The van der Waals surface area contributed by atoms with Crippen molar-refractivity contribution in [3.05, 3.63) is 53.3 Å². The number of carbonyl (C=O) groups is 1. The van der Waals surface area contributed by atoms with Crippen LogP contribution in [0.1, 0.15) is 34.1 Å². The molecule has 0 saturated heterocycles. The molecule has 1 unspecified atom stereocenters. The Morgan fingerprint density at radius 2 is 2.23 bits per heavy atom. The first-order valence-corrected chi connectivity index (χ1v) is 7.33. The highest BCUT2D eigenvalue weighted by atomic mass is 16.5. The molecule has 0 radical (unpaired) electrons. The summed E-state index contributed by atoms with van der Waals surface area (Å²) in [5.74, 6) is 0.764. The van der Waals surface area contributed by atoms with Gasteiger partial charge >= 0.3 is 0 Å². The maximum Gasteiger partial charge on any atom is 0.269 e. The van der Waals surface area contributed by atoms with Gasteiger partial charge < -0.3 is 15.4 Å². The molecule has 22 heavy (non-hydrogen) atoms. The first-order chi connectivity index (χ1) is 10.7. The molecule has 114 valence electrons. The lowest BCUT2D eigenvalue weighted by Crippen LogP contribution is -2.19. The van der Waals surface area contributed by atoms with Gasteiger partial charge in [-0.15, -0.1) is 0 Å². The van der Waals surface area contributed by atoms with E-state index in [2.05, 4.69) is 21.7 Å². The minimum Gasteiger partial charge on any atom is -0.496 e.